The molecule has 22 heavy (non-hydrogen) atoms. The minimum absolute atomic E-state index is 0.261. The van der Waals surface area contributed by atoms with Gasteiger partial charge < -0.3 is 0 Å². The van der Waals surface area contributed by atoms with E-state index in [4.69, 9.17) is 4.84 Å². The van der Waals surface area contributed by atoms with Crippen LogP contribution in [-0.2, 0) is 17.6 Å². The van der Waals surface area contributed by atoms with Crippen LogP contribution in [0.2, 0.25) is 0 Å². The molecule has 2 rings (SSSR count). The van der Waals surface area contributed by atoms with Gasteiger partial charge in [-0.1, -0.05) is 36.4 Å². The van der Waals surface area contributed by atoms with E-state index < -0.39 is 0 Å². The van der Waals surface area contributed by atoms with Gasteiger partial charge in [0.2, 0.25) is 0 Å². The fourth-order valence-electron chi connectivity index (χ4n) is 2.01. The predicted molar refractivity (Wildman–Crippen MR) is 87.6 cm³/mol. The van der Waals surface area contributed by atoms with Crippen LogP contribution >= 0.6 is 11.8 Å². The maximum absolute atomic E-state index is 12.2. The van der Waals surface area contributed by atoms with Crippen molar-refractivity contribution in [3.8, 4) is 0 Å². The predicted octanol–water partition coefficient (Wildman–Crippen LogP) is 2.87. The van der Waals surface area contributed by atoms with E-state index in [0.29, 0.717) is 11.3 Å². The third-order valence-corrected chi connectivity index (χ3v) is 4.20. The highest BCUT2D eigenvalue weighted by Crippen LogP contribution is 2.27. The van der Waals surface area contributed by atoms with Gasteiger partial charge in [0.25, 0.3) is 5.91 Å². The Morgan fingerprint density at radius 2 is 2.18 bits per heavy atom. The molecule has 0 spiro atoms. The molecule has 1 N–H and O–H groups in total. The van der Waals surface area contributed by atoms with E-state index in [1.165, 1.54) is 5.56 Å². The molecule has 0 aliphatic rings. The first-order valence-corrected chi connectivity index (χ1v) is 7.85. The van der Waals surface area contributed by atoms with Crippen molar-refractivity contribution in [2.75, 3.05) is 6.61 Å². The number of hydrogen-bond donors (Lipinski definition) is 1. The Balaban J connectivity index is 2.13. The summed E-state index contributed by atoms with van der Waals surface area (Å²) in [7, 11) is 1.84. The zero-order valence-electron chi connectivity index (χ0n) is 12.7. The summed E-state index contributed by atoms with van der Waals surface area (Å²) in [6, 6.07) is 10.1. The molecule has 5 nitrogen and oxygen atoms in total. The normalized spacial score (nSPS) is 10.5. The Morgan fingerprint density at radius 1 is 1.45 bits per heavy atom. The van der Waals surface area contributed by atoms with Gasteiger partial charge in [-0.05, 0) is 12.5 Å². The molecule has 1 aromatic heterocycles. The molecule has 1 aromatic carbocycles. The number of aryl methyl sites for hydroxylation is 2. The van der Waals surface area contributed by atoms with Crippen LogP contribution in [-0.4, -0.2) is 22.3 Å². The van der Waals surface area contributed by atoms with Crippen LogP contribution in [0, 0.1) is 6.92 Å². The number of hydroxylamine groups is 1. The Morgan fingerprint density at radius 3 is 2.86 bits per heavy atom. The van der Waals surface area contributed by atoms with Crippen molar-refractivity contribution in [1.29, 1.82) is 0 Å². The first-order chi connectivity index (χ1) is 10.6. The van der Waals surface area contributed by atoms with E-state index in [2.05, 4.69) is 29.3 Å². The molecule has 0 fully saturated rings. The summed E-state index contributed by atoms with van der Waals surface area (Å²) in [4.78, 5) is 17.3. The number of benzene rings is 1. The van der Waals surface area contributed by atoms with Crippen molar-refractivity contribution in [2.24, 2.45) is 7.05 Å². The van der Waals surface area contributed by atoms with Crippen LogP contribution in [0.25, 0.3) is 0 Å². The first kappa shape index (κ1) is 16.3. The maximum Gasteiger partial charge on any atom is 0.279 e. The fourth-order valence-corrected chi connectivity index (χ4v) is 3.12. The molecule has 0 aliphatic carbocycles. The van der Waals surface area contributed by atoms with Crippen molar-refractivity contribution in [1.82, 2.24) is 15.3 Å². The molecular formula is C16H19N3O2S. The van der Waals surface area contributed by atoms with Gasteiger partial charge in [-0.3, -0.25) is 14.3 Å². The van der Waals surface area contributed by atoms with Crippen molar-refractivity contribution >= 4 is 17.7 Å². The van der Waals surface area contributed by atoms with Crippen molar-refractivity contribution in [3.63, 3.8) is 0 Å². The smallest absolute Gasteiger partial charge is 0.269 e. The van der Waals surface area contributed by atoms with E-state index in [1.807, 2.05) is 32.2 Å². The number of aromatic nitrogens is 2. The summed E-state index contributed by atoms with van der Waals surface area (Å²) in [6.45, 7) is 5.61. The summed E-state index contributed by atoms with van der Waals surface area (Å²) < 4.78 is 1.73. The van der Waals surface area contributed by atoms with Crippen LogP contribution in [0.5, 0.6) is 0 Å². The lowest BCUT2D eigenvalue weighted by atomic mass is 10.2. The monoisotopic (exact) mass is 317 g/mol. The molecule has 6 heteroatoms. The molecule has 0 radical (unpaired) electrons. The molecule has 0 atom stereocenters. The summed E-state index contributed by atoms with van der Waals surface area (Å²) in [6.07, 6.45) is 1.57. The fraction of sp³-hybridized carbons (Fsp3) is 0.250. The number of rotatable bonds is 7. The highest BCUT2D eigenvalue weighted by Gasteiger charge is 2.20. The lowest BCUT2D eigenvalue weighted by molar-refractivity contribution is 0.0418. The van der Waals surface area contributed by atoms with Crippen LogP contribution < -0.4 is 5.48 Å². The maximum atomic E-state index is 12.2. The van der Waals surface area contributed by atoms with E-state index >= 15 is 0 Å². The third kappa shape index (κ3) is 3.99. The molecule has 2 aromatic rings. The Bertz CT molecular complexity index is 653. The Kier molecular flexibility index (Phi) is 5.80. The first-order valence-electron chi connectivity index (χ1n) is 6.86. The molecule has 1 amide bonds. The molecule has 0 saturated heterocycles. The minimum Gasteiger partial charge on any atom is -0.269 e. The molecule has 1 heterocycles. The zero-order valence-corrected chi connectivity index (χ0v) is 13.5. The number of carbonyl (C=O) groups excluding carboxylic acids is 1. The van der Waals surface area contributed by atoms with Crippen molar-refractivity contribution in [3.05, 3.63) is 59.8 Å². The number of amides is 1. The second-order valence-corrected chi connectivity index (χ2v) is 5.66. The molecule has 116 valence electrons. The van der Waals surface area contributed by atoms with Crippen LogP contribution in [0.4, 0.5) is 0 Å². The van der Waals surface area contributed by atoms with Gasteiger partial charge in [-0.2, -0.15) is 5.10 Å². The number of hydrogen-bond acceptors (Lipinski definition) is 4. The lowest BCUT2D eigenvalue weighted by Crippen LogP contribution is -2.24. The van der Waals surface area contributed by atoms with Gasteiger partial charge in [0.1, 0.15) is 5.03 Å². The lowest BCUT2D eigenvalue weighted by Gasteiger charge is -2.07. The van der Waals surface area contributed by atoms with E-state index in [9.17, 15) is 4.79 Å². The number of nitrogens with zero attached hydrogens (tertiary/aromatic N) is 2. The van der Waals surface area contributed by atoms with E-state index in [-0.39, 0.29) is 12.5 Å². The highest BCUT2D eigenvalue weighted by atomic mass is 32.2. The second kappa shape index (κ2) is 7.82. The SMILES string of the molecule is C=CCONC(=O)c1c(C)nn(C)c1SCc1ccccc1. The average Bonchev–Trinajstić information content (AvgIpc) is 2.80. The highest BCUT2D eigenvalue weighted by molar-refractivity contribution is 7.98. The van der Waals surface area contributed by atoms with Crippen molar-refractivity contribution < 1.29 is 9.63 Å². The number of thioether (sulfide) groups is 1. The Labute approximate surface area is 134 Å². The van der Waals surface area contributed by atoms with Gasteiger partial charge in [-0.15, -0.1) is 18.3 Å². The van der Waals surface area contributed by atoms with Crippen LogP contribution in [0.15, 0.2) is 48.0 Å². The van der Waals surface area contributed by atoms with Crippen LogP contribution in [0.3, 0.4) is 0 Å². The topological polar surface area (TPSA) is 56.1 Å². The summed E-state index contributed by atoms with van der Waals surface area (Å²) >= 11 is 1.58. The molecule has 0 unspecified atom stereocenters. The molecule has 0 saturated carbocycles. The Hall–Kier alpha value is -2.05. The number of carbonyl (C=O) groups is 1. The van der Waals surface area contributed by atoms with Gasteiger partial charge >= 0.3 is 0 Å². The van der Waals surface area contributed by atoms with E-state index in [1.54, 1.807) is 22.5 Å². The second-order valence-electron chi connectivity index (χ2n) is 4.69. The van der Waals surface area contributed by atoms with Crippen LogP contribution in [0.1, 0.15) is 21.6 Å². The largest absolute Gasteiger partial charge is 0.279 e. The minimum atomic E-state index is -0.289. The van der Waals surface area contributed by atoms with E-state index in [0.717, 1.165) is 10.8 Å². The standard InChI is InChI=1S/C16H19N3O2S/c1-4-10-21-18-15(20)14-12(2)17-19(3)16(14)22-11-13-8-6-5-7-9-13/h4-9H,1,10-11H2,2-3H3,(H,18,20). The van der Waals surface area contributed by atoms with Gasteiger partial charge in [0, 0.05) is 12.8 Å². The molecule has 0 aliphatic heterocycles. The molecular weight excluding hydrogens is 298 g/mol. The average molecular weight is 317 g/mol. The third-order valence-electron chi connectivity index (χ3n) is 2.98. The summed E-state index contributed by atoms with van der Waals surface area (Å²) in [5.41, 5.74) is 4.84. The quantitative estimate of drug-likeness (QED) is 0.369. The van der Waals surface area contributed by atoms with Crippen molar-refractivity contribution in [2.45, 2.75) is 17.7 Å². The van der Waals surface area contributed by atoms with Gasteiger partial charge in [0.15, 0.2) is 0 Å². The molecule has 0 bridgehead atoms. The summed E-state index contributed by atoms with van der Waals surface area (Å²) in [5, 5.41) is 5.15. The van der Waals surface area contributed by atoms with Gasteiger partial charge in [-0.25, -0.2) is 5.48 Å². The van der Waals surface area contributed by atoms with Gasteiger partial charge in [0.05, 0.1) is 17.9 Å². The zero-order chi connectivity index (χ0) is 15.9. The number of nitrogens with one attached hydrogen (secondary N) is 1. The summed E-state index contributed by atoms with van der Waals surface area (Å²) in [5.74, 6) is 0.483.